The Bertz CT molecular complexity index is 313. The van der Waals surface area contributed by atoms with Gasteiger partial charge in [0.25, 0.3) is 0 Å². The minimum Gasteiger partial charge on any atom is -0.348 e. The first-order chi connectivity index (χ1) is 7.24. The van der Waals surface area contributed by atoms with Gasteiger partial charge in [-0.1, -0.05) is 13.8 Å². The number of thiazole rings is 1. The number of aryl methyl sites for hydroxylation is 1. The fraction of sp³-hybridized carbons (Fsp3) is 0.727. The third-order valence-electron chi connectivity index (χ3n) is 2.98. The van der Waals surface area contributed by atoms with E-state index in [2.05, 4.69) is 23.7 Å². The third kappa shape index (κ3) is 2.16. The monoisotopic (exact) mass is 225 g/mol. The minimum atomic E-state index is 0.629. The van der Waals surface area contributed by atoms with Gasteiger partial charge >= 0.3 is 0 Å². The van der Waals surface area contributed by atoms with E-state index in [9.17, 15) is 0 Å². The zero-order chi connectivity index (χ0) is 10.8. The molecule has 2 N–H and O–H groups in total. The lowest BCUT2D eigenvalue weighted by molar-refractivity contribution is 0.659. The highest BCUT2D eigenvalue weighted by molar-refractivity contribution is 7.15. The molecule has 1 saturated heterocycles. The second-order valence-corrected chi connectivity index (χ2v) is 5.33. The SMILES string of the molecule is CCc1nc(N2CCC(C)C2)sc1CN. The molecule has 2 rings (SSSR count). The van der Waals surface area contributed by atoms with Gasteiger partial charge in [0.2, 0.25) is 0 Å². The summed E-state index contributed by atoms with van der Waals surface area (Å²) in [6.07, 6.45) is 2.28. The Morgan fingerprint density at radius 2 is 2.40 bits per heavy atom. The first-order valence-corrected chi connectivity index (χ1v) is 6.49. The van der Waals surface area contributed by atoms with Crippen LogP contribution in [0.5, 0.6) is 0 Å². The molecular formula is C11H19N3S. The summed E-state index contributed by atoms with van der Waals surface area (Å²) in [5, 5.41) is 1.18. The summed E-state index contributed by atoms with van der Waals surface area (Å²) < 4.78 is 0. The Balaban J connectivity index is 2.18. The summed E-state index contributed by atoms with van der Waals surface area (Å²) in [5.74, 6) is 0.806. The van der Waals surface area contributed by atoms with Gasteiger partial charge in [-0.25, -0.2) is 4.98 Å². The lowest BCUT2D eigenvalue weighted by Crippen LogP contribution is -2.18. The van der Waals surface area contributed by atoms with Crippen molar-refractivity contribution in [2.75, 3.05) is 18.0 Å². The van der Waals surface area contributed by atoms with Crippen LogP contribution < -0.4 is 10.6 Å². The molecule has 4 heteroatoms. The number of hydrogen-bond donors (Lipinski definition) is 1. The maximum absolute atomic E-state index is 5.72. The number of hydrogen-bond acceptors (Lipinski definition) is 4. The van der Waals surface area contributed by atoms with Crippen LogP contribution in [0.25, 0.3) is 0 Å². The van der Waals surface area contributed by atoms with Crippen molar-refractivity contribution in [3.05, 3.63) is 10.6 Å². The van der Waals surface area contributed by atoms with E-state index in [0.29, 0.717) is 6.54 Å². The van der Waals surface area contributed by atoms with Gasteiger partial charge < -0.3 is 10.6 Å². The van der Waals surface area contributed by atoms with Crippen molar-refractivity contribution in [2.45, 2.75) is 33.2 Å². The summed E-state index contributed by atoms with van der Waals surface area (Å²) in [6.45, 7) is 7.38. The predicted octanol–water partition coefficient (Wildman–Crippen LogP) is 2.01. The van der Waals surface area contributed by atoms with Crippen LogP contribution in [0.15, 0.2) is 0 Å². The quantitative estimate of drug-likeness (QED) is 0.855. The normalized spacial score (nSPS) is 21.3. The van der Waals surface area contributed by atoms with Crippen molar-refractivity contribution in [2.24, 2.45) is 11.7 Å². The maximum Gasteiger partial charge on any atom is 0.185 e. The van der Waals surface area contributed by atoms with Crippen LogP contribution in [0.2, 0.25) is 0 Å². The molecule has 1 aromatic heterocycles. The Morgan fingerprint density at radius 3 is 2.87 bits per heavy atom. The van der Waals surface area contributed by atoms with Crippen molar-refractivity contribution in [3.63, 3.8) is 0 Å². The van der Waals surface area contributed by atoms with Crippen molar-refractivity contribution in [1.29, 1.82) is 0 Å². The average molecular weight is 225 g/mol. The lowest BCUT2D eigenvalue weighted by Gasteiger charge is -2.13. The number of nitrogens with two attached hydrogens (primary N) is 1. The minimum absolute atomic E-state index is 0.629. The van der Waals surface area contributed by atoms with Crippen LogP contribution in [-0.2, 0) is 13.0 Å². The summed E-state index contributed by atoms with van der Waals surface area (Å²) in [4.78, 5) is 8.33. The van der Waals surface area contributed by atoms with Crippen LogP contribution >= 0.6 is 11.3 Å². The molecule has 0 aliphatic carbocycles. The molecule has 1 atom stereocenters. The van der Waals surface area contributed by atoms with Crippen LogP contribution in [0.4, 0.5) is 5.13 Å². The number of anilines is 1. The van der Waals surface area contributed by atoms with Gasteiger partial charge in [-0.15, -0.1) is 11.3 Å². The molecule has 1 unspecified atom stereocenters. The molecular weight excluding hydrogens is 206 g/mol. The average Bonchev–Trinajstić information content (AvgIpc) is 2.82. The highest BCUT2D eigenvalue weighted by Gasteiger charge is 2.22. The molecule has 2 heterocycles. The predicted molar refractivity (Wildman–Crippen MR) is 65.4 cm³/mol. The van der Waals surface area contributed by atoms with Gasteiger partial charge in [-0.05, 0) is 18.8 Å². The standard InChI is InChI=1S/C11H19N3S/c1-3-9-10(6-12)15-11(13-9)14-5-4-8(2)7-14/h8H,3-7,12H2,1-2H3. The van der Waals surface area contributed by atoms with E-state index >= 15 is 0 Å². The van der Waals surface area contributed by atoms with Crippen molar-refractivity contribution < 1.29 is 0 Å². The fourth-order valence-electron chi connectivity index (χ4n) is 2.05. The molecule has 0 aromatic carbocycles. The molecule has 0 spiro atoms. The van der Waals surface area contributed by atoms with Crippen LogP contribution in [-0.4, -0.2) is 18.1 Å². The van der Waals surface area contributed by atoms with E-state index in [1.165, 1.54) is 22.1 Å². The summed E-state index contributed by atoms with van der Waals surface area (Å²) in [5.41, 5.74) is 6.91. The Morgan fingerprint density at radius 1 is 1.60 bits per heavy atom. The van der Waals surface area contributed by atoms with Gasteiger partial charge in [0.05, 0.1) is 5.69 Å². The lowest BCUT2D eigenvalue weighted by atomic mass is 10.2. The molecule has 3 nitrogen and oxygen atoms in total. The van der Waals surface area contributed by atoms with E-state index in [-0.39, 0.29) is 0 Å². The molecule has 0 saturated carbocycles. The van der Waals surface area contributed by atoms with Gasteiger partial charge in [0, 0.05) is 24.5 Å². The zero-order valence-electron chi connectivity index (χ0n) is 9.49. The van der Waals surface area contributed by atoms with Gasteiger partial charge in [-0.2, -0.15) is 0 Å². The smallest absolute Gasteiger partial charge is 0.185 e. The fourth-order valence-corrected chi connectivity index (χ4v) is 3.11. The van der Waals surface area contributed by atoms with Crippen LogP contribution in [0, 0.1) is 5.92 Å². The van der Waals surface area contributed by atoms with Crippen molar-refractivity contribution in [1.82, 2.24) is 4.98 Å². The largest absolute Gasteiger partial charge is 0.348 e. The second kappa shape index (κ2) is 4.49. The van der Waals surface area contributed by atoms with Crippen LogP contribution in [0.3, 0.4) is 0 Å². The molecule has 1 aromatic rings. The summed E-state index contributed by atoms with van der Waals surface area (Å²) in [6, 6.07) is 0. The van der Waals surface area contributed by atoms with Gasteiger partial charge in [0.15, 0.2) is 5.13 Å². The third-order valence-corrected chi connectivity index (χ3v) is 4.16. The number of rotatable bonds is 3. The molecule has 84 valence electrons. The topological polar surface area (TPSA) is 42.2 Å². The first-order valence-electron chi connectivity index (χ1n) is 5.68. The van der Waals surface area contributed by atoms with Crippen molar-refractivity contribution in [3.8, 4) is 0 Å². The molecule has 0 amide bonds. The van der Waals surface area contributed by atoms with Gasteiger partial charge in [0.1, 0.15) is 0 Å². The highest BCUT2D eigenvalue weighted by Crippen LogP contribution is 2.30. The molecule has 1 aliphatic rings. The van der Waals surface area contributed by atoms with Gasteiger partial charge in [-0.3, -0.25) is 0 Å². The van der Waals surface area contributed by atoms with E-state index in [4.69, 9.17) is 5.73 Å². The number of nitrogens with zero attached hydrogens (tertiary/aromatic N) is 2. The maximum atomic E-state index is 5.72. The molecule has 0 radical (unpaired) electrons. The summed E-state index contributed by atoms with van der Waals surface area (Å²) >= 11 is 1.77. The van der Waals surface area contributed by atoms with E-state index < -0.39 is 0 Å². The van der Waals surface area contributed by atoms with Crippen molar-refractivity contribution >= 4 is 16.5 Å². The first kappa shape index (κ1) is 10.9. The molecule has 0 bridgehead atoms. The Labute approximate surface area is 95.3 Å². The van der Waals surface area contributed by atoms with E-state index in [0.717, 1.165) is 25.4 Å². The highest BCUT2D eigenvalue weighted by atomic mass is 32.1. The van der Waals surface area contributed by atoms with E-state index in [1.54, 1.807) is 11.3 Å². The Hall–Kier alpha value is -0.610. The number of aromatic nitrogens is 1. The second-order valence-electron chi connectivity index (χ2n) is 4.26. The molecule has 1 aliphatic heterocycles. The molecule has 1 fully saturated rings. The Kier molecular flexibility index (Phi) is 3.26. The molecule has 15 heavy (non-hydrogen) atoms. The summed E-state index contributed by atoms with van der Waals surface area (Å²) in [7, 11) is 0. The zero-order valence-corrected chi connectivity index (χ0v) is 10.3. The van der Waals surface area contributed by atoms with Crippen LogP contribution in [0.1, 0.15) is 30.8 Å². The van der Waals surface area contributed by atoms with E-state index in [1.807, 2.05) is 0 Å².